The molecule has 1 nitrogen and oxygen atoms in total. The van der Waals surface area contributed by atoms with Gasteiger partial charge in [-0.3, -0.25) is 0 Å². The van der Waals surface area contributed by atoms with E-state index < -0.39 is 0 Å². The Morgan fingerprint density at radius 2 is 1.78 bits per heavy atom. The second-order valence-corrected chi connectivity index (χ2v) is 7.10. The van der Waals surface area contributed by atoms with Crippen molar-refractivity contribution in [3.8, 4) is 0 Å². The Bertz CT molecular complexity index is 538. The van der Waals surface area contributed by atoms with Crippen molar-refractivity contribution in [2.75, 3.05) is 0 Å². The van der Waals surface area contributed by atoms with Crippen molar-refractivity contribution in [3.05, 3.63) is 51.0 Å². The molecule has 1 aromatic carbocycles. The van der Waals surface area contributed by atoms with E-state index in [0.29, 0.717) is 5.92 Å². The van der Waals surface area contributed by atoms with Crippen LogP contribution in [-0.4, -0.2) is 4.98 Å². The predicted molar refractivity (Wildman–Crippen MR) is 84.3 cm³/mol. The van der Waals surface area contributed by atoms with Crippen LogP contribution in [-0.2, 0) is 0 Å². The summed E-state index contributed by atoms with van der Waals surface area (Å²) < 4.78 is 1.99. The topological polar surface area (TPSA) is 12.9 Å². The second kappa shape index (κ2) is 6.22. The highest BCUT2D eigenvalue weighted by molar-refractivity contribution is 9.11. The summed E-state index contributed by atoms with van der Waals surface area (Å²) in [5.41, 5.74) is 1.36. The van der Waals surface area contributed by atoms with E-state index in [1.54, 1.807) is 11.8 Å². The molecule has 0 aliphatic heterocycles. The zero-order valence-electron chi connectivity index (χ0n) is 10.2. The first-order chi connectivity index (χ1) is 8.56. The minimum absolute atomic E-state index is 0.571. The summed E-state index contributed by atoms with van der Waals surface area (Å²) in [5, 5.41) is 0.982. The smallest absolute Gasteiger partial charge is 0.115 e. The molecule has 2 rings (SSSR count). The fourth-order valence-corrected chi connectivity index (χ4v) is 3.50. The molecule has 1 heterocycles. The Labute approximate surface area is 129 Å². The van der Waals surface area contributed by atoms with Gasteiger partial charge in [0, 0.05) is 15.6 Å². The van der Waals surface area contributed by atoms with Gasteiger partial charge in [-0.2, -0.15) is 0 Å². The quantitative estimate of drug-likeness (QED) is 0.652. The van der Waals surface area contributed by atoms with E-state index in [1.807, 2.05) is 12.3 Å². The number of rotatable bonds is 3. The maximum atomic E-state index is 4.40. The molecule has 0 fully saturated rings. The summed E-state index contributed by atoms with van der Waals surface area (Å²) in [7, 11) is 0. The lowest BCUT2D eigenvalue weighted by Crippen LogP contribution is -1.86. The first kappa shape index (κ1) is 14.1. The van der Waals surface area contributed by atoms with Crippen molar-refractivity contribution < 1.29 is 0 Å². The van der Waals surface area contributed by atoms with Gasteiger partial charge in [-0.25, -0.2) is 4.98 Å². The number of nitrogens with zero attached hydrogens (tertiary/aromatic N) is 1. The zero-order valence-corrected chi connectivity index (χ0v) is 14.1. The third-order valence-electron chi connectivity index (χ3n) is 2.54. The molecule has 0 radical (unpaired) electrons. The summed E-state index contributed by atoms with van der Waals surface area (Å²) in [4.78, 5) is 5.60. The maximum Gasteiger partial charge on any atom is 0.115 e. The van der Waals surface area contributed by atoms with Crippen LogP contribution in [0.25, 0.3) is 0 Å². The number of hydrogen-bond donors (Lipinski definition) is 0. The van der Waals surface area contributed by atoms with E-state index in [0.717, 1.165) is 14.0 Å². The van der Waals surface area contributed by atoms with E-state index in [4.69, 9.17) is 0 Å². The lowest BCUT2D eigenvalue weighted by atomic mass is 10.0. The molecule has 4 heteroatoms. The molecule has 0 aliphatic carbocycles. The molecule has 0 N–H and O–H groups in total. The van der Waals surface area contributed by atoms with Crippen molar-refractivity contribution in [1.29, 1.82) is 0 Å². The highest BCUT2D eigenvalue weighted by Crippen LogP contribution is 2.33. The monoisotopic (exact) mass is 385 g/mol. The number of halogens is 2. The van der Waals surface area contributed by atoms with Gasteiger partial charge in [0.25, 0.3) is 0 Å². The van der Waals surface area contributed by atoms with Gasteiger partial charge < -0.3 is 0 Å². The molecular formula is C14H13Br2NS. The van der Waals surface area contributed by atoms with Gasteiger partial charge in [0.05, 0.1) is 4.47 Å². The van der Waals surface area contributed by atoms with E-state index in [1.165, 1.54) is 10.5 Å². The van der Waals surface area contributed by atoms with E-state index in [-0.39, 0.29) is 0 Å². The highest BCUT2D eigenvalue weighted by Gasteiger charge is 2.05. The predicted octanol–water partition coefficient (Wildman–Crippen LogP) is 5.88. The third kappa shape index (κ3) is 3.59. The number of hydrogen-bond acceptors (Lipinski definition) is 2. The first-order valence-corrected chi connectivity index (χ1v) is 8.05. The van der Waals surface area contributed by atoms with E-state index >= 15 is 0 Å². The van der Waals surface area contributed by atoms with Crippen LogP contribution in [0.1, 0.15) is 25.3 Å². The lowest BCUT2D eigenvalue weighted by Gasteiger charge is -2.07. The molecule has 0 atom stereocenters. The minimum Gasteiger partial charge on any atom is -0.247 e. The fraction of sp³-hybridized carbons (Fsp3) is 0.214. The van der Waals surface area contributed by atoms with Crippen LogP contribution >= 0.6 is 43.6 Å². The summed E-state index contributed by atoms with van der Waals surface area (Å²) in [6.07, 6.45) is 1.82. The van der Waals surface area contributed by atoms with E-state index in [9.17, 15) is 0 Å². The van der Waals surface area contributed by atoms with Gasteiger partial charge >= 0.3 is 0 Å². The van der Waals surface area contributed by atoms with Gasteiger partial charge in [0.15, 0.2) is 0 Å². The average Bonchev–Trinajstić information content (AvgIpc) is 2.33. The van der Waals surface area contributed by atoms with Crippen LogP contribution in [0.2, 0.25) is 0 Å². The Balaban J connectivity index is 2.18. The maximum absolute atomic E-state index is 4.40. The van der Waals surface area contributed by atoms with Crippen LogP contribution in [0.15, 0.2) is 55.4 Å². The Hall–Kier alpha value is -0.320. The molecule has 2 aromatic rings. The van der Waals surface area contributed by atoms with Gasteiger partial charge in [-0.15, -0.1) is 0 Å². The Morgan fingerprint density at radius 3 is 2.33 bits per heavy atom. The van der Waals surface area contributed by atoms with Crippen LogP contribution in [0.5, 0.6) is 0 Å². The molecule has 1 aromatic heterocycles. The van der Waals surface area contributed by atoms with Gasteiger partial charge in [0.2, 0.25) is 0 Å². The average molecular weight is 387 g/mol. The highest BCUT2D eigenvalue weighted by atomic mass is 79.9. The van der Waals surface area contributed by atoms with Gasteiger partial charge in [-0.05, 0) is 61.5 Å². The minimum atomic E-state index is 0.571. The summed E-state index contributed by atoms with van der Waals surface area (Å²) in [6, 6.07) is 10.7. The number of benzene rings is 1. The molecule has 0 aliphatic rings. The van der Waals surface area contributed by atoms with Gasteiger partial charge in [0.1, 0.15) is 5.03 Å². The SMILES string of the molecule is CC(C)c1ccc(Sc2ncc(Br)cc2Br)cc1. The van der Waals surface area contributed by atoms with Crippen molar-refractivity contribution >= 4 is 43.6 Å². The molecule has 0 bridgehead atoms. The van der Waals surface area contributed by atoms with E-state index in [2.05, 4.69) is 75.0 Å². The Morgan fingerprint density at radius 1 is 1.11 bits per heavy atom. The van der Waals surface area contributed by atoms with Crippen molar-refractivity contribution in [1.82, 2.24) is 4.98 Å². The Kier molecular flexibility index (Phi) is 4.87. The van der Waals surface area contributed by atoms with Crippen LogP contribution in [0.4, 0.5) is 0 Å². The van der Waals surface area contributed by atoms with Gasteiger partial charge in [-0.1, -0.05) is 37.7 Å². The second-order valence-electron chi connectivity index (χ2n) is 4.27. The van der Waals surface area contributed by atoms with Crippen molar-refractivity contribution in [3.63, 3.8) is 0 Å². The lowest BCUT2D eigenvalue weighted by molar-refractivity contribution is 0.865. The largest absolute Gasteiger partial charge is 0.247 e. The summed E-state index contributed by atoms with van der Waals surface area (Å²) >= 11 is 8.60. The standard InChI is InChI=1S/C14H13Br2NS/c1-9(2)10-3-5-12(6-4-10)18-14-13(16)7-11(15)8-17-14/h3-9H,1-2H3. The number of pyridine rings is 1. The fourth-order valence-electron chi connectivity index (χ4n) is 1.51. The first-order valence-electron chi connectivity index (χ1n) is 5.65. The molecule has 0 spiro atoms. The molecule has 0 saturated carbocycles. The summed E-state index contributed by atoms with van der Waals surface area (Å²) in [5.74, 6) is 0.571. The molecule has 0 unspecified atom stereocenters. The molecule has 0 amide bonds. The molecule has 18 heavy (non-hydrogen) atoms. The third-order valence-corrected chi connectivity index (χ3v) is 4.86. The molecular weight excluding hydrogens is 374 g/mol. The van der Waals surface area contributed by atoms with Crippen LogP contribution in [0.3, 0.4) is 0 Å². The van der Waals surface area contributed by atoms with Crippen LogP contribution < -0.4 is 0 Å². The number of aromatic nitrogens is 1. The molecule has 94 valence electrons. The van der Waals surface area contributed by atoms with Crippen LogP contribution in [0, 0.1) is 0 Å². The normalized spacial score (nSPS) is 10.9. The zero-order chi connectivity index (χ0) is 13.1. The molecule has 0 saturated heterocycles. The van der Waals surface area contributed by atoms with Crippen molar-refractivity contribution in [2.24, 2.45) is 0 Å². The van der Waals surface area contributed by atoms with Crippen molar-refractivity contribution in [2.45, 2.75) is 29.7 Å². The summed E-state index contributed by atoms with van der Waals surface area (Å²) in [6.45, 7) is 4.41.